The molecule has 0 radical (unpaired) electrons. The van der Waals surface area contributed by atoms with Gasteiger partial charge in [-0.2, -0.15) is 0 Å². The number of carbonyl (C=O) groups is 2. The zero-order valence-corrected chi connectivity index (χ0v) is 15.3. The number of carbonyl (C=O) groups excluding carboxylic acids is 2. The number of hydrogen-bond acceptors (Lipinski definition) is 6. The fourth-order valence-electron chi connectivity index (χ4n) is 2.61. The quantitative estimate of drug-likeness (QED) is 0.464. The Hall–Kier alpha value is -2.90. The van der Waals surface area contributed by atoms with Crippen molar-refractivity contribution in [1.82, 2.24) is 4.90 Å². The van der Waals surface area contributed by atoms with E-state index >= 15 is 0 Å². The molecular weight excluding hydrogens is 340 g/mol. The largest absolute Gasteiger partial charge is 0.465 e. The van der Waals surface area contributed by atoms with Gasteiger partial charge in [-0.05, 0) is 44.9 Å². The summed E-state index contributed by atoms with van der Waals surface area (Å²) in [6.45, 7) is 6.09. The van der Waals surface area contributed by atoms with Crippen molar-refractivity contribution < 1.29 is 24.0 Å². The molecule has 0 saturated heterocycles. The molecule has 1 heterocycles. The van der Waals surface area contributed by atoms with E-state index in [1.54, 1.807) is 37.8 Å². The van der Waals surface area contributed by atoms with E-state index in [1.807, 2.05) is 0 Å². The molecule has 140 valence electrons. The summed E-state index contributed by atoms with van der Waals surface area (Å²) in [7, 11) is 1.22. The number of benzene rings is 1. The van der Waals surface area contributed by atoms with Gasteiger partial charge in [0.1, 0.15) is 5.60 Å². The van der Waals surface area contributed by atoms with Crippen LogP contribution in [0.15, 0.2) is 24.3 Å². The molecule has 0 N–H and O–H groups in total. The van der Waals surface area contributed by atoms with E-state index in [0.29, 0.717) is 25.1 Å². The number of nitro groups is 1. The van der Waals surface area contributed by atoms with Crippen LogP contribution < -0.4 is 0 Å². The summed E-state index contributed by atoms with van der Waals surface area (Å²) in [5.74, 6) is -0.631. The predicted octanol–water partition coefficient (Wildman–Crippen LogP) is 3.41. The van der Waals surface area contributed by atoms with E-state index < -0.39 is 22.6 Å². The van der Waals surface area contributed by atoms with E-state index in [-0.39, 0.29) is 11.3 Å². The molecule has 0 atom stereocenters. The summed E-state index contributed by atoms with van der Waals surface area (Å²) < 4.78 is 9.93. The molecule has 0 aliphatic carbocycles. The summed E-state index contributed by atoms with van der Waals surface area (Å²) >= 11 is 0. The van der Waals surface area contributed by atoms with Gasteiger partial charge in [-0.25, -0.2) is 9.59 Å². The molecule has 0 aromatic heterocycles. The number of rotatable bonds is 3. The number of esters is 1. The Morgan fingerprint density at radius 2 is 1.96 bits per heavy atom. The topological polar surface area (TPSA) is 99.0 Å². The Bertz CT molecular complexity index is 763. The fourth-order valence-corrected chi connectivity index (χ4v) is 2.61. The maximum absolute atomic E-state index is 12.1. The van der Waals surface area contributed by atoms with E-state index in [1.165, 1.54) is 19.2 Å². The lowest BCUT2D eigenvalue weighted by molar-refractivity contribution is -0.385. The van der Waals surface area contributed by atoms with Crippen LogP contribution in [0.1, 0.15) is 43.1 Å². The lowest BCUT2D eigenvalue weighted by Crippen LogP contribution is -2.39. The second kappa shape index (κ2) is 7.55. The highest BCUT2D eigenvalue weighted by Gasteiger charge is 2.26. The third kappa shape index (κ3) is 4.59. The molecule has 1 aliphatic heterocycles. The third-order valence-corrected chi connectivity index (χ3v) is 3.82. The van der Waals surface area contributed by atoms with Gasteiger partial charge in [0.2, 0.25) is 0 Å². The van der Waals surface area contributed by atoms with Crippen molar-refractivity contribution in [2.45, 2.75) is 32.8 Å². The Balaban J connectivity index is 2.23. The van der Waals surface area contributed by atoms with Crippen LogP contribution in [0.5, 0.6) is 0 Å². The van der Waals surface area contributed by atoms with Gasteiger partial charge in [-0.1, -0.05) is 6.08 Å². The van der Waals surface area contributed by atoms with Crippen LogP contribution >= 0.6 is 0 Å². The molecule has 1 aromatic carbocycles. The van der Waals surface area contributed by atoms with Crippen LogP contribution in [0.4, 0.5) is 10.5 Å². The molecule has 0 spiro atoms. The summed E-state index contributed by atoms with van der Waals surface area (Å²) in [5.41, 5.74) is 0.572. The van der Waals surface area contributed by atoms with Crippen LogP contribution in [0, 0.1) is 10.1 Å². The zero-order chi connectivity index (χ0) is 19.5. The van der Waals surface area contributed by atoms with Crippen LogP contribution in [-0.4, -0.2) is 47.7 Å². The average Bonchev–Trinajstić information content (AvgIpc) is 2.59. The van der Waals surface area contributed by atoms with Crippen LogP contribution in [0.25, 0.3) is 5.57 Å². The molecule has 1 amide bonds. The maximum atomic E-state index is 12.1. The Morgan fingerprint density at radius 1 is 1.27 bits per heavy atom. The molecule has 1 aromatic rings. The number of nitrogens with zero attached hydrogens (tertiary/aromatic N) is 2. The summed E-state index contributed by atoms with van der Waals surface area (Å²) in [6, 6.07) is 4.25. The predicted molar refractivity (Wildman–Crippen MR) is 94.8 cm³/mol. The van der Waals surface area contributed by atoms with E-state index in [2.05, 4.69) is 4.74 Å². The highest BCUT2D eigenvalue weighted by atomic mass is 16.6. The monoisotopic (exact) mass is 362 g/mol. The first-order chi connectivity index (χ1) is 12.1. The fraction of sp³-hybridized carbons (Fsp3) is 0.444. The van der Waals surface area contributed by atoms with Crippen molar-refractivity contribution in [3.8, 4) is 0 Å². The van der Waals surface area contributed by atoms with E-state index in [9.17, 15) is 19.7 Å². The second-order valence-electron chi connectivity index (χ2n) is 6.89. The molecule has 0 bridgehead atoms. The molecule has 0 saturated carbocycles. The van der Waals surface area contributed by atoms with Gasteiger partial charge in [0.05, 0.1) is 23.2 Å². The molecule has 8 nitrogen and oxygen atoms in total. The summed E-state index contributed by atoms with van der Waals surface area (Å²) in [4.78, 5) is 36.1. The Labute approximate surface area is 151 Å². The molecule has 8 heteroatoms. The number of hydrogen-bond donors (Lipinski definition) is 0. The second-order valence-corrected chi connectivity index (χ2v) is 6.89. The van der Waals surface area contributed by atoms with Gasteiger partial charge < -0.3 is 14.4 Å². The van der Waals surface area contributed by atoms with Gasteiger partial charge in [0.25, 0.3) is 5.69 Å². The molecule has 0 unspecified atom stereocenters. The van der Waals surface area contributed by atoms with Crippen molar-refractivity contribution in [2.75, 3.05) is 20.2 Å². The molecule has 0 fully saturated rings. The minimum absolute atomic E-state index is 0.120. The average molecular weight is 362 g/mol. The first-order valence-corrected chi connectivity index (χ1v) is 8.16. The smallest absolute Gasteiger partial charge is 0.410 e. The van der Waals surface area contributed by atoms with Crippen molar-refractivity contribution in [1.29, 1.82) is 0 Å². The number of ether oxygens (including phenoxy) is 2. The number of nitro benzene ring substituents is 1. The maximum Gasteiger partial charge on any atom is 0.410 e. The van der Waals surface area contributed by atoms with Crippen molar-refractivity contribution in [2.24, 2.45) is 0 Å². The first-order valence-electron chi connectivity index (χ1n) is 8.16. The Morgan fingerprint density at radius 3 is 2.46 bits per heavy atom. The standard InChI is InChI=1S/C18H22N2O6/c1-18(2,3)26-17(22)19-9-7-12(8-10-19)14-6-5-13(16(21)25-4)11-15(14)20(23)24/h5-7,11H,8-10H2,1-4H3. The van der Waals surface area contributed by atoms with E-state index in [0.717, 1.165) is 5.57 Å². The van der Waals surface area contributed by atoms with Gasteiger partial charge in [-0.3, -0.25) is 10.1 Å². The van der Waals surface area contributed by atoms with Crippen molar-refractivity contribution in [3.05, 3.63) is 45.5 Å². The highest BCUT2D eigenvalue weighted by molar-refractivity contribution is 5.91. The minimum atomic E-state index is -0.631. The van der Waals surface area contributed by atoms with Crippen LogP contribution in [0.3, 0.4) is 0 Å². The van der Waals surface area contributed by atoms with Crippen LogP contribution in [0.2, 0.25) is 0 Å². The number of methoxy groups -OCH3 is 1. The first kappa shape index (κ1) is 19.4. The zero-order valence-electron chi connectivity index (χ0n) is 15.3. The van der Waals surface area contributed by atoms with Crippen LogP contribution in [-0.2, 0) is 9.47 Å². The summed E-state index contributed by atoms with van der Waals surface area (Å²) in [6.07, 6.45) is 1.81. The normalized spacial score (nSPS) is 14.5. The van der Waals surface area contributed by atoms with Gasteiger partial charge in [0.15, 0.2) is 0 Å². The lowest BCUT2D eigenvalue weighted by Gasteiger charge is -2.29. The van der Waals surface area contributed by atoms with Crippen molar-refractivity contribution in [3.63, 3.8) is 0 Å². The lowest BCUT2D eigenvalue weighted by atomic mass is 9.96. The van der Waals surface area contributed by atoms with Gasteiger partial charge in [0, 0.05) is 19.2 Å². The third-order valence-electron chi connectivity index (χ3n) is 3.82. The summed E-state index contributed by atoms with van der Waals surface area (Å²) in [5, 5.41) is 11.4. The van der Waals surface area contributed by atoms with Gasteiger partial charge >= 0.3 is 12.1 Å². The molecule has 1 aliphatic rings. The Kier molecular flexibility index (Phi) is 5.64. The number of amides is 1. The van der Waals surface area contributed by atoms with Crippen molar-refractivity contribution >= 4 is 23.3 Å². The highest BCUT2D eigenvalue weighted by Crippen LogP contribution is 2.31. The van der Waals surface area contributed by atoms with E-state index in [4.69, 9.17) is 4.74 Å². The SMILES string of the molecule is COC(=O)c1ccc(C2=CCN(C(=O)OC(C)(C)C)CC2)c([N+](=O)[O-])c1. The molecule has 2 rings (SSSR count). The molecule has 26 heavy (non-hydrogen) atoms. The van der Waals surface area contributed by atoms with Gasteiger partial charge in [-0.15, -0.1) is 0 Å². The molecular formula is C18H22N2O6. The minimum Gasteiger partial charge on any atom is -0.465 e.